The first-order valence-corrected chi connectivity index (χ1v) is 5.00. The van der Waals surface area contributed by atoms with Crippen molar-refractivity contribution in [2.75, 3.05) is 0 Å². The van der Waals surface area contributed by atoms with Crippen LogP contribution in [0.4, 0.5) is 0 Å². The van der Waals surface area contributed by atoms with Crippen molar-refractivity contribution in [2.24, 2.45) is 0 Å². The Balaban J connectivity index is 2.14. The second kappa shape index (κ2) is 3.54. The zero-order valence-electron chi connectivity index (χ0n) is 8.07. The fourth-order valence-corrected chi connectivity index (χ4v) is 1.65. The molecule has 0 radical (unpaired) electrons. The minimum Gasteiger partial charge on any atom is -0.385 e. The molecule has 1 fully saturated rings. The van der Waals surface area contributed by atoms with E-state index in [1.54, 1.807) is 0 Å². The first-order chi connectivity index (χ1) is 6.74. The molecule has 14 heavy (non-hydrogen) atoms. The summed E-state index contributed by atoms with van der Waals surface area (Å²) in [5.74, 6) is 0. The van der Waals surface area contributed by atoms with Gasteiger partial charge in [0.1, 0.15) is 6.29 Å². The van der Waals surface area contributed by atoms with Crippen LogP contribution in [0, 0.1) is 0 Å². The minimum absolute atomic E-state index is 0.557. The molecule has 0 bridgehead atoms. The predicted molar refractivity (Wildman–Crippen MR) is 54.0 cm³/mol. The number of aldehydes is 1. The molecule has 2 heteroatoms. The van der Waals surface area contributed by atoms with Gasteiger partial charge in [-0.1, -0.05) is 24.3 Å². The first kappa shape index (κ1) is 9.41. The van der Waals surface area contributed by atoms with Gasteiger partial charge in [0.2, 0.25) is 0 Å². The Hall–Kier alpha value is -1.15. The Morgan fingerprint density at radius 3 is 2.86 bits per heavy atom. The van der Waals surface area contributed by atoms with Crippen molar-refractivity contribution in [2.45, 2.75) is 31.3 Å². The summed E-state index contributed by atoms with van der Waals surface area (Å²) in [5, 5.41) is 9.88. The topological polar surface area (TPSA) is 37.3 Å². The highest BCUT2D eigenvalue weighted by Crippen LogP contribution is 2.45. The van der Waals surface area contributed by atoms with Crippen molar-refractivity contribution >= 4 is 6.29 Å². The molecule has 1 aromatic rings. The van der Waals surface area contributed by atoms with Gasteiger partial charge in [-0.2, -0.15) is 0 Å². The molecule has 0 saturated heterocycles. The van der Waals surface area contributed by atoms with Gasteiger partial charge in [0.15, 0.2) is 0 Å². The first-order valence-electron chi connectivity index (χ1n) is 5.00. The van der Waals surface area contributed by atoms with E-state index in [0.29, 0.717) is 6.42 Å². The molecule has 2 rings (SSSR count). The second-order valence-electron chi connectivity index (χ2n) is 3.94. The third kappa shape index (κ3) is 1.85. The van der Waals surface area contributed by atoms with E-state index in [-0.39, 0.29) is 0 Å². The number of aliphatic hydroxyl groups is 1. The van der Waals surface area contributed by atoms with Crippen LogP contribution < -0.4 is 0 Å². The molecule has 1 aliphatic rings. The molecule has 1 aromatic carbocycles. The van der Waals surface area contributed by atoms with Gasteiger partial charge in [-0.25, -0.2) is 0 Å². The van der Waals surface area contributed by atoms with E-state index in [0.717, 1.165) is 36.7 Å². The molecule has 0 aromatic heterocycles. The second-order valence-corrected chi connectivity index (χ2v) is 3.94. The summed E-state index contributed by atoms with van der Waals surface area (Å²) in [6.45, 7) is 0. The van der Waals surface area contributed by atoms with Crippen molar-refractivity contribution in [1.29, 1.82) is 0 Å². The van der Waals surface area contributed by atoms with E-state index in [2.05, 4.69) is 0 Å². The van der Waals surface area contributed by atoms with Crippen LogP contribution >= 0.6 is 0 Å². The number of carbonyl (C=O) groups excluding carboxylic acids is 1. The average Bonchev–Trinajstić information content (AvgIpc) is 2.95. The number of rotatable bonds is 4. The van der Waals surface area contributed by atoms with Gasteiger partial charge < -0.3 is 9.90 Å². The molecule has 0 heterocycles. The molecular weight excluding hydrogens is 176 g/mol. The lowest BCUT2D eigenvalue weighted by atomic mass is 10.0. The Bertz CT molecular complexity index is 340. The molecular formula is C12H14O2. The number of hydrogen-bond acceptors (Lipinski definition) is 2. The summed E-state index contributed by atoms with van der Waals surface area (Å²) in [6.07, 6.45) is 3.99. The van der Waals surface area contributed by atoms with Gasteiger partial charge >= 0.3 is 0 Å². The maximum atomic E-state index is 10.2. The van der Waals surface area contributed by atoms with Crippen LogP contribution in [0.15, 0.2) is 24.3 Å². The van der Waals surface area contributed by atoms with Gasteiger partial charge in [0.05, 0.1) is 5.60 Å². The number of hydrogen-bond donors (Lipinski definition) is 1. The summed E-state index contributed by atoms with van der Waals surface area (Å²) in [5.41, 5.74) is 1.58. The van der Waals surface area contributed by atoms with E-state index >= 15 is 0 Å². The lowest BCUT2D eigenvalue weighted by molar-refractivity contribution is -0.107. The predicted octanol–water partition coefficient (Wildman–Crippen LogP) is 1.80. The quantitative estimate of drug-likeness (QED) is 0.735. The van der Waals surface area contributed by atoms with Crippen LogP contribution in [-0.2, 0) is 16.8 Å². The van der Waals surface area contributed by atoms with Crippen LogP contribution in [-0.4, -0.2) is 11.4 Å². The van der Waals surface area contributed by atoms with Crippen molar-refractivity contribution in [3.8, 4) is 0 Å². The third-order valence-electron chi connectivity index (χ3n) is 2.74. The van der Waals surface area contributed by atoms with Crippen molar-refractivity contribution < 1.29 is 9.90 Å². The monoisotopic (exact) mass is 190 g/mol. The highest BCUT2D eigenvalue weighted by Gasteiger charge is 2.41. The van der Waals surface area contributed by atoms with Crippen molar-refractivity contribution in [3.63, 3.8) is 0 Å². The van der Waals surface area contributed by atoms with Crippen LogP contribution in [0.25, 0.3) is 0 Å². The SMILES string of the molecule is O=CCCc1cccc(C2(O)CC2)c1. The van der Waals surface area contributed by atoms with Gasteiger partial charge in [-0.3, -0.25) is 0 Å². The number of aryl methyl sites for hydroxylation is 1. The van der Waals surface area contributed by atoms with E-state index in [1.165, 1.54) is 0 Å². The van der Waals surface area contributed by atoms with Crippen LogP contribution in [0.5, 0.6) is 0 Å². The lowest BCUT2D eigenvalue weighted by Crippen LogP contribution is -2.04. The highest BCUT2D eigenvalue weighted by atomic mass is 16.3. The minimum atomic E-state index is -0.558. The van der Waals surface area contributed by atoms with Gasteiger partial charge in [0.25, 0.3) is 0 Å². The summed E-state index contributed by atoms with van der Waals surface area (Å²) >= 11 is 0. The molecule has 1 aliphatic carbocycles. The molecule has 0 spiro atoms. The van der Waals surface area contributed by atoms with E-state index in [4.69, 9.17) is 0 Å². The smallest absolute Gasteiger partial charge is 0.120 e. The van der Waals surface area contributed by atoms with E-state index < -0.39 is 5.60 Å². The van der Waals surface area contributed by atoms with E-state index in [9.17, 15) is 9.90 Å². The van der Waals surface area contributed by atoms with Gasteiger partial charge in [0, 0.05) is 6.42 Å². The normalized spacial score (nSPS) is 17.8. The Morgan fingerprint density at radius 1 is 1.43 bits per heavy atom. The number of benzene rings is 1. The third-order valence-corrected chi connectivity index (χ3v) is 2.74. The van der Waals surface area contributed by atoms with Crippen LogP contribution in [0.1, 0.15) is 30.4 Å². The summed E-state index contributed by atoms with van der Waals surface area (Å²) < 4.78 is 0. The van der Waals surface area contributed by atoms with Crippen molar-refractivity contribution in [1.82, 2.24) is 0 Å². The molecule has 74 valence electrons. The molecule has 2 nitrogen and oxygen atoms in total. The molecule has 0 aliphatic heterocycles. The molecule has 0 atom stereocenters. The van der Waals surface area contributed by atoms with Crippen molar-refractivity contribution in [3.05, 3.63) is 35.4 Å². The summed E-state index contributed by atoms with van der Waals surface area (Å²) in [6, 6.07) is 7.92. The molecule has 1 N–H and O–H groups in total. The Labute approximate surface area is 83.6 Å². The average molecular weight is 190 g/mol. The number of carbonyl (C=O) groups is 1. The van der Waals surface area contributed by atoms with Crippen LogP contribution in [0.3, 0.4) is 0 Å². The summed E-state index contributed by atoms with van der Waals surface area (Å²) in [7, 11) is 0. The lowest BCUT2D eigenvalue weighted by Gasteiger charge is -2.09. The van der Waals surface area contributed by atoms with Gasteiger partial charge in [-0.15, -0.1) is 0 Å². The molecule has 0 unspecified atom stereocenters. The Morgan fingerprint density at radius 2 is 2.21 bits per heavy atom. The standard InChI is InChI=1S/C12H14O2/c13-8-2-4-10-3-1-5-11(9-10)12(14)6-7-12/h1,3,5,8-9,14H,2,4,6-7H2. The maximum absolute atomic E-state index is 10.2. The Kier molecular flexibility index (Phi) is 2.38. The van der Waals surface area contributed by atoms with Crippen LogP contribution in [0.2, 0.25) is 0 Å². The molecule has 0 amide bonds. The van der Waals surface area contributed by atoms with E-state index in [1.807, 2.05) is 24.3 Å². The highest BCUT2D eigenvalue weighted by molar-refractivity contribution is 5.50. The molecule has 1 saturated carbocycles. The maximum Gasteiger partial charge on any atom is 0.120 e. The fraction of sp³-hybridized carbons (Fsp3) is 0.417. The fourth-order valence-electron chi connectivity index (χ4n) is 1.65. The summed E-state index contributed by atoms with van der Waals surface area (Å²) in [4.78, 5) is 10.2. The largest absolute Gasteiger partial charge is 0.385 e. The zero-order valence-corrected chi connectivity index (χ0v) is 8.07. The van der Waals surface area contributed by atoms with Gasteiger partial charge in [-0.05, 0) is 30.4 Å². The zero-order chi connectivity index (χ0) is 10.0.